The Morgan fingerprint density at radius 3 is 2.27 bits per heavy atom. The van der Waals surface area contributed by atoms with E-state index in [-0.39, 0.29) is 30.6 Å². The highest BCUT2D eigenvalue weighted by molar-refractivity contribution is 5.85. The lowest BCUT2D eigenvalue weighted by Crippen LogP contribution is -2.33. The van der Waals surface area contributed by atoms with Gasteiger partial charge in [-0.2, -0.15) is 5.10 Å². The third-order valence-electron chi connectivity index (χ3n) is 5.30. The van der Waals surface area contributed by atoms with Gasteiger partial charge in [0, 0.05) is 12.1 Å². The molecule has 1 N–H and O–H groups in total. The predicted molar refractivity (Wildman–Crippen MR) is 126 cm³/mol. The van der Waals surface area contributed by atoms with E-state index in [0.29, 0.717) is 0 Å². The Balaban J connectivity index is 0.00000160. The Labute approximate surface area is 190 Å². The number of nitrogens with zero attached hydrogens (tertiary/aromatic N) is 3. The first kappa shape index (κ1) is 24.1. The molecule has 30 heavy (non-hydrogen) atoms. The monoisotopic (exact) mass is 449 g/mol. The van der Waals surface area contributed by atoms with Crippen molar-refractivity contribution in [2.24, 2.45) is 0 Å². The highest BCUT2D eigenvalue weighted by atomic mass is 35.5. The quantitative estimate of drug-likeness (QED) is 0.557. The van der Waals surface area contributed by atoms with Crippen LogP contribution in [0.1, 0.15) is 24.8 Å². The third kappa shape index (κ3) is 5.69. The molecule has 0 bridgehead atoms. The van der Waals surface area contributed by atoms with Gasteiger partial charge in [0.05, 0.1) is 17.6 Å². The van der Waals surface area contributed by atoms with E-state index in [1.807, 2.05) is 35.1 Å². The molecule has 0 spiro atoms. The molecule has 3 aromatic rings. The predicted octanol–water partition coefficient (Wildman–Crippen LogP) is 5.26. The van der Waals surface area contributed by atoms with E-state index in [4.69, 9.17) is 4.74 Å². The number of rotatable bonds is 6. The van der Waals surface area contributed by atoms with Crippen LogP contribution < -0.4 is 4.74 Å². The van der Waals surface area contributed by atoms with Crippen molar-refractivity contribution in [1.29, 1.82) is 0 Å². The summed E-state index contributed by atoms with van der Waals surface area (Å²) in [5, 5.41) is 14.0. The summed E-state index contributed by atoms with van der Waals surface area (Å²) in [6.45, 7) is 6.17. The van der Waals surface area contributed by atoms with Crippen molar-refractivity contribution in [3.05, 3.63) is 60.3 Å². The number of aromatic hydroxyl groups is 1. The van der Waals surface area contributed by atoms with Gasteiger partial charge in [-0.1, -0.05) is 6.42 Å². The SMILES string of the molecule is Cc1cnn(-c2ccc(O)cc2)c1-c1ccc(OCCN2CCCCC2)cc1.Cl.Cl. The van der Waals surface area contributed by atoms with Gasteiger partial charge in [0.1, 0.15) is 18.1 Å². The number of halogens is 2. The Bertz CT molecular complexity index is 905. The van der Waals surface area contributed by atoms with E-state index < -0.39 is 0 Å². The van der Waals surface area contributed by atoms with Gasteiger partial charge in [-0.15, -0.1) is 24.8 Å². The zero-order chi connectivity index (χ0) is 19.3. The maximum absolute atomic E-state index is 9.53. The number of hydrogen-bond donors (Lipinski definition) is 1. The molecule has 1 aromatic heterocycles. The molecule has 0 unspecified atom stereocenters. The Morgan fingerprint density at radius 2 is 1.60 bits per heavy atom. The number of phenolic OH excluding ortho intramolecular Hbond substituents is 1. The first-order valence-electron chi connectivity index (χ1n) is 10.0. The Kier molecular flexibility index (Phi) is 9.03. The number of aryl methyl sites for hydroxylation is 1. The second kappa shape index (κ2) is 11.3. The molecule has 0 aliphatic carbocycles. The smallest absolute Gasteiger partial charge is 0.119 e. The maximum atomic E-state index is 9.53. The molecule has 4 rings (SSSR count). The maximum Gasteiger partial charge on any atom is 0.119 e. The average molecular weight is 450 g/mol. The van der Waals surface area contributed by atoms with E-state index in [1.54, 1.807) is 12.1 Å². The summed E-state index contributed by atoms with van der Waals surface area (Å²) >= 11 is 0. The second-order valence-corrected chi connectivity index (χ2v) is 7.38. The summed E-state index contributed by atoms with van der Waals surface area (Å²) in [6, 6.07) is 15.3. The molecule has 1 fully saturated rings. The van der Waals surface area contributed by atoms with Crippen LogP contribution in [-0.4, -0.2) is 46.0 Å². The lowest BCUT2D eigenvalue weighted by Gasteiger charge is -2.26. The molecule has 0 amide bonds. The third-order valence-corrected chi connectivity index (χ3v) is 5.30. The van der Waals surface area contributed by atoms with Crippen molar-refractivity contribution in [2.75, 3.05) is 26.2 Å². The first-order chi connectivity index (χ1) is 13.7. The average Bonchev–Trinajstić information content (AvgIpc) is 3.11. The highest BCUT2D eigenvalue weighted by Crippen LogP contribution is 2.28. The summed E-state index contributed by atoms with van der Waals surface area (Å²) in [6.07, 6.45) is 5.84. The molecular formula is C23H29Cl2N3O2. The van der Waals surface area contributed by atoms with Crippen LogP contribution >= 0.6 is 24.8 Å². The number of likely N-dealkylation sites (tertiary alicyclic amines) is 1. The molecule has 2 aromatic carbocycles. The Morgan fingerprint density at radius 1 is 0.933 bits per heavy atom. The normalized spacial score (nSPS) is 13.9. The molecule has 1 aliphatic rings. The summed E-state index contributed by atoms with van der Waals surface area (Å²) in [5.41, 5.74) is 4.16. The highest BCUT2D eigenvalue weighted by Gasteiger charge is 2.13. The van der Waals surface area contributed by atoms with E-state index in [2.05, 4.69) is 29.1 Å². The van der Waals surface area contributed by atoms with Gasteiger partial charge in [-0.3, -0.25) is 4.90 Å². The van der Waals surface area contributed by atoms with Crippen molar-refractivity contribution >= 4 is 24.8 Å². The Hall–Kier alpha value is -2.21. The molecule has 1 saturated heterocycles. The molecule has 0 radical (unpaired) electrons. The fraction of sp³-hybridized carbons (Fsp3) is 0.348. The van der Waals surface area contributed by atoms with Gasteiger partial charge in [-0.25, -0.2) is 4.68 Å². The van der Waals surface area contributed by atoms with Crippen molar-refractivity contribution in [2.45, 2.75) is 26.2 Å². The summed E-state index contributed by atoms with van der Waals surface area (Å²) in [5.74, 6) is 1.15. The first-order valence-corrected chi connectivity index (χ1v) is 10.0. The molecule has 0 atom stereocenters. The van der Waals surface area contributed by atoms with Crippen molar-refractivity contribution < 1.29 is 9.84 Å². The lowest BCUT2D eigenvalue weighted by molar-refractivity contribution is 0.183. The number of hydrogen-bond acceptors (Lipinski definition) is 4. The molecule has 2 heterocycles. The van der Waals surface area contributed by atoms with Crippen LogP contribution in [-0.2, 0) is 0 Å². The van der Waals surface area contributed by atoms with Crippen LogP contribution in [0, 0.1) is 6.92 Å². The minimum atomic E-state index is 0. The number of piperidine rings is 1. The topological polar surface area (TPSA) is 50.5 Å². The molecule has 7 heteroatoms. The summed E-state index contributed by atoms with van der Waals surface area (Å²) in [7, 11) is 0. The number of benzene rings is 2. The molecule has 0 saturated carbocycles. The molecule has 162 valence electrons. The van der Waals surface area contributed by atoms with Crippen molar-refractivity contribution in [1.82, 2.24) is 14.7 Å². The van der Waals surface area contributed by atoms with Crippen molar-refractivity contribution in [3.8, 4) is 28.4 Å². The van der Waals surface area contributed by atoms with Gasteiger partial charge in [0.2, 0.25) is 0 Å². The molecule has 1 aliphatic heterocycles. The van der Waals surface area contributed by atoms with Crippen LogP contribution in [0.4, 0.5) is 0 Å². The zero-order valence-electron chi connectivity index (χ0n) is 17.2. The van der Waals surface area contributed by atoms with Gasteiger partial charge in [0.15, 0.2) is 0 Å². The lowest BCUT2D eigenvalue weighted by atomic mass is 10.1. The largest absolute Gasteiger partial charge is 0.508 e. The summed E-state index contributed by atoms with van der Waals surface area (Å²) < 4.78 is 7.85. The minimum Gasteiger partial charge on any atom is -0.508 e. The van der Waals surface area contributed by atoms with E-state index in [1.165, 1.54) is 32.4 Å². The standard InChI is InChI=1S/C23H27N3O2.2ClH/c1-18-17-24-26(20-7-9-21(27)10-8-20)23(18)19-5-11-22(12-6-19)28-16-15-25-13-3-2-4-14-25;;/h5-12,17,27H,2-4,13-16H2,1H3;2*1H. The van der Waals surface area contributed by atoms with Crippen molar-refractivity contribution in [3.63, 3.8) is 0 Å². The van der Waals surface area contributed by atoms with Crippen LogP contribution in [0.3, 0.4) is 0 Å². The number of aromatic nitrogens is 2. The molecular weight excluding hydrogens is 421 g/mol. The minimum absolute atomic E-state index is 0. The fourth-order valence-electron chi connectivity index (χ4n) is 3.75. The second-order valence-electron chi connectivity index (χ2n) is 7.38. The number of ether oxygens (including phenoxy) is 1. The van der Waals surface area contributed by atoms with Crippen LogP contribution in [0.25, 0.3) is 16.9 Å². The van der Waals surface area contributed by atoms with E-state index in [0.717, 1.165) is 41.4 Å². The van der Waals surface area contributed by atoms with E-state index in [9.17, 15) is 5.11 Å². The molecule has 5 nitrogen and oxygen atoms in total. The van der Waals surface area contributed by atoms with Gasteiger partial charge in [0.25, 0.3) is 0 Å². The fourth-order valence-corrected chi connectivity index (χ4v) is 3.75. The zero-order valence-corrected chi connectivity index (χ0v) is 18.8. The number of phenols is 1. The van der Waals surface area contributed by atoms with E-state index >= 15 is 0 Å². The van der Waals surface area contributed by atoms with Crippen LogP contribution in [0.15, 0.2) is 54.7 Å². The van der Waals surface area contributed by atoms with Gasteiger partial charge >= 0.3 is 0 Å². The van der Waals surface area contributed by atoms with Crippen LogP contribution in [0.5, 0.6) is 11.5 Å². The summed E-state index contributed by atoms with van der Waals surface area (Å²) in [4.78, 5) is 2.48. The van der Waals surface area contributed by atoms with Crippen LogP contribution in [0.2, 0.25) is 0 Å². The van der Waals surface area contributed by atoms with Gasteiger partial charge in [-0.05, 0) is 86.9 Å². The van der Waals surface area contributed by atoms with Gasteiger partial charge < -0.3 is 9.84 Å².